The normalized spacial score (nSPS) is 15.5. The molecule has 0 bridgehead atoms. The van der Waals surface area contributed by atoms with Crippen molar-refractivity contribution in [2.45, 2.75) is 51.6 Å². The Bertz CT molecular complexity index is 347. The average Bonchev–Trinajstić information content (AvgIpc) is 3.07. The van der Waals surface area contributed by atoms with E-state index in [1.165, 1.54) is 55.9 Å². The van der Waals surface area contributed by atoms with Gasteiger partial charge in [0, 0.05) is 18.0 Å². The number of aromatic nitrogens is 1. The van der Waals surface area contributed by atoms with E-state index in [4.69, 9.17) is 0 Å². The minimum atomic E-state index is 0.862. The van der Waals surface area contributed by atoms with Crippen LogP contribution >= 0.6 is 11.3 Å². The third kappa shape index (κ3) is 5.46. The molecule has 0 aromatic carbocycles. The summed E-state index contributed by atoms with van der Waals surface area (Å²) >= 11 is 1.74. The molecule has 1 fully saturated rings. The molecule has 102 valence electrons. The van der Waals surface area contributed by atoms with E-state index in [1.54, 1.807) is 11.3 Å². The highest BCUT2D eigenvalue weighted by atomic mass is 32.1. The molecule has 2 rings (SSSR count). The SMILES string of the molecule is Cc1nc(CN(C)CCCCCNC2CC2)cs1. The van der Waals surface area contributed by atoms with Crippen molar-refractivity contribution in [2.75, 3.05) is 20.1 Å². The summed E-state index contributed by atoms with van der Waals surface area (Å²) in [7, 11) is 2.19. The third-order valence-electron chi connectivity index (χ3n) is 3.33. The van der Waals surface area contributed by atoms with Crippen LogP contribution in [0.5, 0.6) is 0 Å². The van der Waals surface area contributed by atoms with Gasteiger partial charge < -0.3 is 10.2 Å². The number of nitrogens with one attached hydrogen (secondary N) is 1. The number of nitrogens with zero attached hydrogens (tertiary/aromatic N) is 2. The minimum absolute atomic E-state index is 0.862. The topological polar surface area (TPSA) is 28.2 Å². The second-order valence-corrected chi connectivity index (χ2v) is 6.45. The van der Waals surface area contributed by atoms with Crippen LogP contribution in [0.3, 0.4) is 0 Å². The Morgan fingerprint density at radius 3 is 2.89 bits per heavy atom. The first-order valence-electron chi connectivity index (χ1n) is 7.07. The van der Waals surface area contributed by atoms with E-state index in [9.17, 15) is 0 Å². The fraction of sp³-hybridized carbons (Fsp3) is 0.786. The Kier molecular flexibility index (Phi) is 5.60. The third-order valence-corrected chi connectivity index (χ3v) is 4.15. The standard InChI is InChI=1S/C14H25N3S/c1-12-16-14(11-18-12)10-17(2)9-5-3-4-8-15-13-6-7-13/h11,13,15H,3-10H2,1-2H3. The number of hydrogen-bond acceptors (Lipinski definition) is 4. The number of thiazole rings is 1. The predicted molar refractivity (Wildman–Crippen MR) is 78.1 cm³/mol. The van der Waals surface area contributed by atoms with Crippen LogP contribution in [-0.2, 0) is 6.54 Å². The number of unbranched alkanes of at least 4 members (excludes halogenated alkanes) is 2. The first-order valence-corrected chi connectivity index (χ1v) is 7.95. The Morgan fingerprint density at radius 2 is 2.22 bits per heavy atom. The van der Waals surface area contributed by atoms with Gasteiger partial charge in [0.25, 0.3) is 0 Å². The molecule has 0 amide bonds. The molecule has 1 heterocycles. The molecule has 1 N–H and O–H groups in total. The van der Waals surface area contributed by atoms with E-state index in [-0.39, 0.29) is 0 Å². The molecule has 0 saturated heterocycles. The Labute approximate surface area is 115 Å². The van der Waals surface area contributed by atoms with Gasteiger partial charge in [-0.25, -0.2) is 4.98 Å². The van der Waals surface area contributed by atoms with Gasteiger partial charge in [0.2, 0.25) is 0 Å². The van der Waals surface area contributed by atoms with Crippen LogP contribution in [0.25, 0.3) is 0 Å². The quantitative estimate of drug-likeness (QED) is 0.697. The Balaban J connectivity index is 1.47. The van der Waals surface area contributed by atoms with Gasteiger partial charge >= 0.3 is 0 Å². The van der Waals surface area contributed by atoms with E-state index in [2.05, 4.69) is 34.6 Å². The fourth-order valence-electron chi connectivity index (χ4n) is 2.11. The summed E-state index contributed by atoms with van der Waals surface area (Å²) in [5, 5.41) is 6.91. The van der Waals surface area contributed by atoms with Crippen molar-refractivity contribution in [3.8, 4) is 0 Å². The van der Waals surface area contributed by atoms with Gasteiger partial charge in [-0.3, -0.25) is 0 Å². The molecule has 0 spiro atoms. The molecule has 1 saturated carbocycles. The van der Waals surface area contributed by atoms with E-state index in [0.717, 1.165) is 12.6 Å². The minimum Gasteiger partial charge on any atom is -0.314 e. The fourth-order valence-corrected chi connectivity index (χ4v) is 2.72. The summed E-state index contributed by atoms with van der Waals surface area (Å²) in [6.45, 7) is 5.45. The van der Waals surface area contributed by atoms with Crippen LogP contribution < -0.4 is 5.32 Å². The summed E-state index contributed by atoms with van der Waals surface area (Å²) in [5.41, 5.74) is 1.22. The molecule has 0 radical (unpaired) electrons. The highest BCUT2D eigenvalue weighted by Crippen LogP contribution is 2.18. The smallest absolute Gasteiger partial charge is 0.0897 e. The van der Waals surface area contributed by atoms with Crippen LogP contribution in [-0.4, -0.2) is 36.1 Å². The highest BCUT2D eigenvalue weighted by Gasteiger charge is 2.19. The maximum atomic E-state index is 4.50. The molecule has 0 atom stereocenters. The average molecular weight is 267 g/mol. The molecule has 0 aliphatic heterocycles. The molecule has 4 heteroatoms. The lowest BCUT2D eigenvalue weighted by Crippen LogP contribution is -2.20. The second-order valence-electron chi connectivity index (χ2n) is 5.38. The summed E-state index contributed by atoms with van der Waals surface area (Å²) < 4.78 is 0. The molecule has 1 aromatic rings. The van der Waals surface area contributed by atoms with E-state index in [0.29, 0.717) is 0 Å². The van der Waals surface area contributed by atoms with Crippen molar-refractivity contribution >= 4 is 11.3 Å². The maximum Gasteiger partial charge on any atom is 0.0897 e. The van der Waals surface area contributed by atoms with Gasteiger partial charge in [0.1, 0.15) is 0 Å². The van der Waals surface area contributed by atoms with E-state index >= 15 is 0 Å². The molecular formula is C14H25N3S. The van der Waals surface area contributed by atoms with Gasteiger partial charge in [-0.2, -0.15) is 0 Å². The lowest BCUT2D eigenvalue weighted by molar-refractivity contribution is 0.313. The summed E-state index contributed by atoms with van der Waals surface area (Å²) in [5.74, 6) is 0. The van der Waals surface area contributed by atoms with Gasteiger partial charge in [-0.15, -0.1) is 11.3 Å². The van der Waals surface area contributed by atoms with Gasteiger partial charge in [0.05, 0.1) is 10.7 Å². The lowest BCUT2D eigenvalue weighted by atomic mass is 10.2. The monoisotopic (exact) mass is 267 g/mol. The zero-order valence-corrected chi connectivity index (χ0v) is 12.4. The summed E-state index contributed by atoms with van der Waals surface area (Å²) in [6.07, 6.45) is 6.75. The zero-order valence-electron chi connectivity index (χ0n) is 11.6. The lowest BCUT2D eigenvalue weighted by Gasteiger charge is -2.14. The van der Waals surface area contributed by atoms with Crippen molar-refractivity contribution in [1.29, 1.82) is 0 Å². The van der Waals surface area contributed by atoms with E-state index < -0.39 is 0 Å². The molecular weight excluding hydrogens is 242 g/mol. The van der Waals surface area contributed by atoms with Crippen molar-refractivity contribution in [3.05, 3.63) is 16.1 Å². The van der Waals surface area contributed by atoms with Crippen LogP contribution in [0.4, 0.5) is 0 Å². The van der Waals surface area contributed by atoms with Crippen LogP contribution in [0.1, 0.15) is 42.8 Å². The Hall–Kier alpha value is -0.450. The van der Waals surface area contributed by atoms with Crippen molar-refractivity contribution in [1.82, 2.24) is 15.2 Å². The van der Waals surface area contributed by atoms with Crippen molar-refractivity contribution in [3.63, 3.8) is 0 Å². The largest absolute Gasteiger partial charge is 0.314 e. The molecule has 0 unspecified atom stereocenters. The predicted octanol–water partition coefficient (Wildman–Crippen LogP) is 2.81. The molecule has 1 aliphatic carbocycles. The second kappa shape index (κ2) is 7.22. The maximum absolute atomic E-state index is 4.50. The highest BCUT2D eigenvalue weighted by molar-refractivity contribution is 7.09. The number of rotatable bonds is 9. The first-order chi connectivity index (χ1) is 8.74. The summed E-state index contributed by atoms with van der Waals surface area (Å²) in [4.78, 5) is 6.88. The molecule has 3 nitrogen and oxygen atoms in total. The van der Waals surface area contributed by atoms with Crippen molar-refractivity contribution in [2.24, 2.45) is 0 Å². The van der Waals surface area contributed by atoms with Gasteiger partial charge in [-0.05, 0) is 52.7 Å². The van der Waals surface area contributed by atoms with E-state index in [1.807, 2.05) is 0 Å². The Morgan fingerprint density at radius 1 is 1.39 bits per heavy atom. The molecule has 1 aliphatic rings. The number of hydrogen-bond donors (Lipinski definition) is 1. The molecule has 18 heavy (non-hydrogen) atoms. The van der Waals surface area contributed by atoms with Crippen LogP contribution in [0.2, 0.25) is 0 Å². The van der Waals surface area contributed by atoms with Crippen LogP contribution in [0, 0.1) is 6.92 Å². The van der Waals surface area contributed by atoms with Crippen molar-refractivity contribution < 1.29 is 0 Å². The molecule has 1 aromatic heterocycles. The van der Waals surface area contributed by atoms with Gasteiger partial charge in [0.15, 0.2) is 0 Å². The zero-order chi connectivity index (χ0) is 12.8. The first kappa shape index (κ1) is 14.0. The van der Waals surface area contributed by atoms with Gasteiger partial charge in [-0.1, -0.05) is 6.42 Å². The summed E-state index contributed by atoms with van der Waals surface area (Å²) in [6, 6.07) is 0.862. The van der Waals surface area contributed by atoms with Crippen LogP contribution in [0.15, 0.2) is 5.38 Å². The number of aryl methyl sites for hydroxylation is 1.